The molecular formula is C14H16N4O. The molecule has 98 valence electrons. The Morgan fingerprint density at radius 1 is 1.26 bits per heavy atom. The number of nitrogens with zero attached hydrogens (tertiary/aromatic N) is 3. The zero-order valence-electron chi connectivity index (χ0n) is 10.6. The maximum absolute atomic E-state index is 8.94. The molecule has 0 aliphatic carbocycles. The number of hydrogen-bond donors (Lipinski definition) is 2. The smallest absolute Gasteiger partial charge is 0.173 e. The summed E-state index contributed by atoms with van der Waals surface area (Å²) in [6, 6.07) is 9.81. The third kappa shape index (κ3) is 2.07. The number of oxime groups is 1. The number of fused-ring (bicyclic) bond motifs is 1. The van der Waals surface area contributed by atoms with Gasteiger partial charge < -0.3 is 15.8 Å². The molecule has 1 fully saturated rings. The quantitative estimate of drug-likeness (QED) is 0.372. The summed E-state index contributed by atoms with van der Waals surface area (Å²) in [4.78, 5) is 6.87. The average Bonchev–Trinajstić information content (AvgIpc) is 2.99. The second kappa shape index (κ2) is 4.76. The maximum Gasteiger partial charge on any atom is 0.173 e. The van der Waals surface area contributed by atoms with Gasteiger partial charge in [0, 0.05) is 18.5 Å². The van der Waals surface area contributed by atoms with Crippen LogP contribution in [0.5, 0.6) is 0 Å². The SMILES string of the molecule is NC(=NO)c1cc2ccccc2nc1N1CCCC1. The van der Waals surface area contributed by atoms with E-state index in [9.17, 15) is 0 Å². The summed E-state index contributed by atoms with van der Waals surface area (Å²) in [5, 5.41) is 13.1. The molecule has 1 saturated heterocycles. The van der Waals surface area contributed by atoms with Gasteiger partial charge in [-0.3, -0.25) is 0 Å². The molecule has 1 aromatic carbocycles. The minimum absolute atomic E-state index is 0.111. The second-order valence-electron chi connectivity index (χ2n) is 4.73. The van der Waals surface area contributed by atoms with E-state index in [2.05, 4.69) is 15.0 Å². The normalized spacial score (nSPS) is 16.2. The Bertz CT molecular complexity index is 632. The van der Waals surface area contributed by atoms with E-state index in [1.807, 2.05) is 30.3 Å². The first kappa shape index (κ1) is 11.8. The van der Waals surface area contributed by atoms with Crippen LogP contribution in [-0.4, -0.2) is 29.1 Å². The Morgan fingerprint density at radius 3 is 2.74 bits per heavy atom. The Morgan fingerprint density at radius 2 is 2.00 bits per heavy atom. The van der Waals surface area contributed by atoms with E-state index >= 15 is 0 Å². The first-order valence-electron chi connectivity index (χ1n) is 6.42. The number of hydrogen-bond acceptors (Lipinski definition) is 4. The summed E-state index contributed by atoms with van der Waals surface area (Å²) < 4.78 is 0. The summed E-state index contributed by atoms with van der Waals surface area (Å²) in [6.07, 6.45) is 2.31. The van der Waals surface area contributed by atoms with Crippen LogP contribution in [-0.2, 0) is 0 Å². The Balaban J connectivity index is 2.20. The van der Waals surface area contributed by atoms with Gasteiger partial charge in [-0.2, -0.15) is 0 Å². The van der Waals surface area contributed by atoms with Crippen molar-refractivity contribution in [3.8, 4) is 0 Å². The van der Waals surface area contributed by atoms with Gasteiger partial charge in [0.1, 0.15) is 5.82 Å². The van der Waals surface area contributed by atoms with Gasteiger partial charge >= 0.3 is 0 Å². The molecule has 19 heavy (non-hydrogen) atoms. The average molecular weight is 256 g/mol. The zero-order valence-corrected chi connectivity index (χ0v) is 10.6. The molecule has 0 atom stereocenters. The third-order valence-corrected chi connectivity index (χ3v) is 3.49. The van der Waals surface area contributed by atoms with Crippen LogP contribution in [0.4, 0.5) is 5.82 Å². The molecule has 1 aliphatic heterocycles. The molecule has 2 aromatic rings. The lowest BCUT2D eigenvalue weighted by Gasteiger charge is -2.20. The monoisotopic (exact) mass is 256 g/mol. The van der Waals surface area contributed by atoms with E-state index in [4.69, 9.17) is 10.9 Å². The van der Waals surface area contributed by atoms with Crippen molar-refractivity contribution < 1.29 is 5.21 Å². The van der Waals surface area contributed by atoms with E-state index in [-0.39, 0.29) is 5.84 Å². The van der Waals surface area contributed by atoms with Gasteiger partial charge in [0.15, 0.2) is 5.84 Å². The summed E-state index contributed by atoms with van der Waals surface area (Å²) >= 11 is 0. The van der Waals surface area contributed by atoms with Gasteiger partial charge in [-0.25, -0.2) is 4.98 Å². The third-order valence-electron chi connectivity index (χ3n) is 3.49. The lowest BCUT2D eigenvalue weighted by molar-refractivity contribution is 0.318. The topological polar surface area (TPSA) is 74.7 Å². The van der Waals surface area contributed by atoms with Crippen molar-refractivity contribution in [2.24, 2.45) is 10.9 Å². The predicted octanol–water partition coefficient (Wildman–Crippen LogP) is 1.93. The molecule has 0 spiro atoms. The summed E-state index contributed by atoms with van der Waals surface area (Å²) in [6.45, 7) is 1.94. The molecule has 0 radical (unpaired) electrons. The van der Waals surface area contributed by atoms with Gasteiger partial charge in [-0.15, -0.1) is 0 Å². The number of aromatic nitrogens is 1. The Kier molecular flexibility index (Phi) is 2.95. The van der Waals surface area contributed by atoms with Gasteiger partial charge in [0.25, 0.3) is 0 Å². The molecule has 1 aliphatic rings. The van der Waals surface area contributed by atoms with Crippen molar-refractivity contribution in [2.45, 2.75) is 12.8 Å². The van der Waals surface area contributed by atoms with E-state index in [1.165, 1.54) is 0 Å². The maximum atomic E-state index is 8.94. The summed E-state index contributed by atoms with van der Waals surface area (Å²) in [5.41, 5.74) is 7.41. The standard InChI is InChI=1S/C14H16N4O/c15-13(17-19)11-9-10-5-1-2-6-12(10)16-14(11)18-7-3-4-8-18/h1-2,5-6,9,19H,3-4,7-8H2,(H2,15,17). The van der Waals surface area contributed by atoms with Crippen LogP contribution >= 0.6 is 0 Å². The van der Waals surface area contributed by atoms with Crippen molar-refractivity contribution in [3.05, 3.63) is 35.9 Å². The first-order valence-corrected chi connectivity index (χ1v) is 6.42. The van der Waals surface area contributed by atoms with Crippen LogP contribution in [0, 0.1) is 0 Å². The molecule has 0 amide bonds. The second-order valence-corrected chi connectivity index (χ2v) is 4.73. The van der Waals surface area contributed by atoms with Gasteiger partial charge in [-0.05, 0) is 25.0 Å². The number of para-hydroxylation sites is 1. The summed E-state index contributed by atoms with van der Waals surface area (Å²) in [7, 11) is 0. The fourth-order valence-corrected chi connectivity index (χ4v) is 2.52. The number of rotatable bonds is 2. The molecule has 0 bridgehead atoms. The molecule has 3 N–H and O–H groups in total. The van der Waals surface area contributed by atoms with Crippen molar-refractivity contribution in [3.63, 3.8) is 0 Å². The van der Waals surface area contributed by atoms with Gasteiger partial charge in [0.05, 0.1) is 11.1 Å². The van der Waals surface area contributed by atoms with E-state index in [0.29, 0.717) is 5.56 Å². The van der Waals surface area contributed by atoms with Crippen molar-refractivity contribution in [1.82, 2.24) is 4.98 Å². The molecular weight excluding hydrogens is 240 g/mol. The number of benzene rings is 1. The van der Waals surface area contributed by atoms with E-state index in [1.54, 1.807) is 0 Å². The molecule has 1 aromatic heterocycles. The van der Waals surface area contributed by atoms with E-state index in [0.717, 1.165) is 42.7 Å². The highest BCUT2D eigenvalue weighted by Gasteiger charge is 2.20. The molecule has 2 heterocycles. The highest BCUT2D eigenvalue weighted by atomic mass is 16.4. The summed E-state index contributed by atoms with van der Waals surface area (Å²) in [5.74, 6) is 0.923. The Hall–Kier alpha value is -2.30. The predicted molar refractivity (Wildman–Crippen MR) is 75.7 cm³/mol. The van der Waals surface area contributed by atoms with Crippen molar-refractivity contribution in [1.29, 1.82) is 0 Å². The minimum Gasteiger partial charge on any atom is -0.409 e. The number of amidine groups is 1. The fourth-order valence-electron chi connectivity index (χ4n) is 2.52. The number of anilines is 1. The minimum atomic E-state index is 0.111. The largest absolute Gasteiger partial charge is 0.409 e. The molecule has 3 rings (SSSR count). The van der Waals surface area contributed by atoms with Crippen molar-refractivity contribution >= 4 is 22.6 Å². The highest BCUT2D eigenvalue weighted by molar-refractivity contribution is 6.04. The molecule has 5 heteroatoms. The Labute approximate surface area is 111 Å². The fraction of sp³-hybridized carbons (Fsp3) is 0.286. The molecule has 0 saturated carbocycles. The number of pyridine rings is 1. The van der Waals surface area contributed by atoms with E-state index < -0.39 is 0 Å². The zero-order chi connectivity index (χ0) is 13.2. The first-order chi connectivity index (χ1) is 9.29. The highest BCUT2D eigenvalue weighted by Crippen LogP contribution is 2.26. The van der Waals surface area contributed by atoms with Gasteiger partial charge in [0.2, 0.25) is 0 Å². The molecule has 5 nitrogen and oxygen atoms in total. The van der Waals surface area contributed by atoms with Crippen LogP contribution in [0.25, 0.3) is 10.9 Å². The van der Waals surface area contributed by atoms with Crippen LogP contribution in [0.15, 0.2) is 35.5 Å². The molecule has 0 unspecified atom stereocenters. The van der Waals surface area contributed by atoms with Crippen LogP contribution < -0.4 is 10.6 Å². The lowest BCUT2D eigenvalue weighted by atomic mass is 10.1. The van der Waals surface area contributed by atoms with Crippen LogP contribution in [0.2, 0.25) is 0 Å². The number of nitrogens with two attached hydrogens (primary N) is 1. The van der Waals surface area contributed by atoms with Gasteiger partial charge in [-0.1, -0.05) is 23.4 Å². The van der Waals surface area contributed by atoms with Crippen LogP contribution in [0.1, 0.15) is 18.4 Å². The van der Waals surface area contributed by atoms with Crippen molar-refractivity contribution in [2.75, 3.05) is 18.0 Å². The lowest BCUT2D eigenvalue weighted by Crippen LogP contribution is -2.25. The van der Waals surface area contributed by atoms with Crippen LogP contribution in [0.3, 0.4) is 0 Å².